The van der Waals surface area contributed by atoms with Crippen molar-refractivity contribution in [3.8, 4) is 0 Å². The van der Waals surface area contributed by atoms with Gasteiger partial charge < -0.3 is 4.90 Å². The van der Waals surface area contributed by atoms with Crippen molar-refractivity contribution in [2.75, 3.05) is 17.3 Å². The lowest BCUT2D eigenvalue weighted by Gasteiger charge is -2.38. The predicted molar refractivity (Wildman–Crippen MR) is 79.9 cm³/mol. The zero-order valence-corrected chi connectivity index (χ0v) is 11.9. The average molecular weight is 281 g/mol. The Morgan fingerprint density at radius 1 is 1.33 bits per heavy atom. The molecule has 4 heteroatoms. The number of hydrogen-bond acceptors (Lipinski definition) is 3. The molecule has 96 valence electrons. The Morgan fingerprint density at radius 2 is 2.17 bits per heavy atom. The van der Waals surface area contributed by atoms with Gasteiger partial charge in [0.15, 0.2) is 0 Å². The van der Waals surface area contributed by atoms with E-state index in [-0.39, 0.29) is 0 Å². The number of halogens is 1. The van der Waals surface area contributed by atoms with Crippen LogP contribution in [0.5, 0.6) is 0 Å². The van der Waals surface area contributed by atoms with Gasteiger partial charge in [-0.2, -0.15) is 4.37 Å². The molecule has 0 aliphatic heterocycles. The van der Waals surface area contributed by atoms with Crippen molar-refractivity contribution in [1.29, 1.82) is 0 Å². The van der Waals surface area contributed by atoms with Crippen molar-refractivity contribution in [3.05, 3.63) is 24.3 Å². The molecule has 0 atom stereocenters. The molecule has 0 spiro atoms. The second-order valence-corrected chi connectivity index (χ2v) is 5.96. The summed E-state index contributed by atoms with van der Waals surface area (Å²) < 4.78 is 4.56. The average Bonchev–Trinajstić information content (AvgIpc) is 2.76. The molecule has 0 unspecified atom stereocenters. The monoisotopic (exact) mass is 280 g/mol. The molecule has 1 aromatic heterocycles. The van der Waals surface area contributed by atoms with Gasteiger partial charge in [-0.05, 0) is 49.3 Å². The summed E-state index contributed by atoms with van der Waals surface area (Å²) in [6, 6.07) is 9.13. The fourth-order valence-electron chi connectivity index (χ4n) is 2.46. The zero-order valence-electron chi connectivity index (χ0n) is 10.3. The summed E-state index contributed by atoms with van der Waals surface area (Å²) >= 11 is 7.48. The van der Waals surface area contributed by atoms with Gasteiger partial charge in [-0.1, -0.05) is 12.1 Å². The van der Waals surface area contributed by atoms with E-state index < -0.39 is 0 Å². The molecule has 0 N–H and O–H groups in total. The van der Waals surface area contributed by atoms with Crippen molar-refractivity contribution in [1.82, 2.24) is 4.37 Å². The molecule has 0 bridgehead atoms. The van der Waals surface area contributed by atoms with E-state index >= 15 is 0 Å². The highest BCUT2D eigenvalue weighted by Crippen LogP contribution is 2.37. The number of anilines is 1. The Kier molecular flexibility index (Phi) is 3.71. The SMILES string of the molecule is ClCCCN(c1snc2ccccc12)C1CCC1. The molecule has 1 saturated carbocycles. The normalized spacial score (nSPS) is 15.8. The van der Waals surface area contributed by atoms with E-state index in [2.05, 4.69) is 33.5 Å². The molecule has 1 heterocycles. The molecule has 18 heavy (non-hydrogen) atoms. The first-order chi connectivity index (χ1) is 8.90. The lowest BCUT2D eigenvalue weighted by Crippen LogP contribution is -2.40. The lowest BCUT2D eigenvalue weighted by atomic mass is 9.91. The Labute approximate surface area is 117 Å². The molecule has 2 aromatic rings. The zero-order chi connectivity index (χ0) is 12.4. The molecular weight excluding hydrogens is 264 g/mol. The third-order valence-electron chi connectivity index (χ3n) is 3.67. The summed E-state index contributed by atoms with van der Waals surface area (Å²) in [4.78, 5) is 2.53. The maximum atomic E-state index is 5.85. The predicted octanol–water partition coefficient (Wildman–Crippen LogP) is 4.28. The highest BCUT2D eigenvalue weighted by Gasteiger charge is 2.27. The molecule has 0 radical (unpaired) electrons. The third kappa shape index (κ3) is 2.21. The fraction of sp³-hybridized carbons (Fsp3) is 0.500. The van der Waals surface area contributed by atoms with E-state index in [1.54, 1.807) is 11.5 Å². The summed E-state index contributed by atoms with van der Waals surface area (Å²) in [6.07, 6.45) is 5.03. The van der Waals surface area contributed by atoms with Crippen LogP contribution in [0.4, 0.5) is 5.00 Å². The molecule has 1 aliphatic carbocycles. The van der Waals surface area contributed by atoms with Crippen molar-refractivity contribution in [2.45, 2.75) is 31.7 Å². The van der Waals surface area contributed by atoms with Gasteiger partial charge in [-0.15, -0.1) is 11.6 Å². The van der Waals surface area contributed by atoms with Gasteiger partial charge in [0.25, 0.3) is 0 Å². The highest BCUT2D eigenvalue weighted by atomic mass is 35.5. The number of hydrogen-bond donors (Lipinski definition) is 0. The van der Waals surface area contributed by atoms with E-state index in [1.807, 2.05) is 0 Å². The molecule has 2 nitrogen and oxygen atoms in total. The number of rotatable bonds is 5. The van der Waals surface area contributed by atoms with Gasteiger partial charge >= 0.3 is 0 Å². The number of alkyl halides is 1. The number of nitrogens with zero attached hydrogens (tertiary/aromatic N) is 2. The molecule has 0 amide bonds. The standard InChI is InChI=1S/C14H17ClN2S/c15-9-4-10-17(11-5-3-6-11)14-12-7-1-2-8-13(12)16-18-14/h1-2,7-8,11H,3-6,9-10H2. The minimum absolute atomic E-state index is 0.706. The van der Waals surface area contributed by atoms with Crippen LogP contribution in [-0.4, -0.2) is 22.8 Å². The van der Waals surface area contributed by atoms with Crippen LogP contribution >= 0.6 is 23.1 Å². The van der Waals surface area contributed by atoms with Crippen LogP contribution in [0.2, 0.25) is 0 Å². The summed E-state index contributed by atoms with van der Waals surface area (Å²) in [5, 5.41) is 2.63. The summed E-state index contributed by atoms with van der Waals surface area (Å²) in [7, 11) is 0. The fourth-order valence-corrected chi connectivity index (χ4v) is 3.54. The van der Waals surface area contributed by atoms with Crippen LogP contribution in [0, 0.1) is 0 Å². The molecular formula is C14H17ClN2S. The van der Waals surface area contributed by atoms with E-state index in [0.717, 1.165) is 24.4 Å². The van der Waals surface area contributed by atoms with Gasteiger partial charge in [0.2, 0.25) is 0 Å². The van der Waals surface area contributed by atoms with Gasteiger partial charge in [-0.25, -0.2) is 0 Å². The van der Waals surface area contributed by atoms with E-state index in [0.29, 0.717) is 6.04 Å². The summed E-state index contributed by atoms with van der Waals surface area (Å²) in [5.41, 5.74) is 1.12. The molecule has 1 aliphatic rings. The van der Waals surface area contributed by atoms with Crippen LogP contribution in [0.3, 0.4) is 0 Å². The second-order valence-electron chi connectivity index (χ2n) is 4.83. The minimum atomic E-state index is 0.706. The first-order valence-corrected chi connectivity index (χ1v) is 7.88. The van der Waals surface area contributed by atoms with Crippen LogP contribution < -0.4 is 4.90 Å². The van der Waals surface area contributed by atoms with Crippen molar-refractivity contribution >= 4 is 39.0 Å². The second kappa shape index (κ2) is 5.45. The first-order valence-electron chi connectivity index (χ1n) is 6.57. The summed E-state index contributed by atoms with van der Waals surface area (Å²) in [5.74, 6) is 0.736. The van der Waals surface area contributed by atoms with Gasteiger partial charge in [0.05, 0.1) is 5.52 Å². The lowest BCUT2D eigenvalue weighted by molar-refractivity contribution is 0.388. The van der Waals surface area contributed by atoms with Crippen LogP contribution in [0.1, 0.15) is 25.7 Å². The Morgan fingerprint density at radius 3 is 2.89 bits per heavy atom. The maximum Gasteiger partial charge on any atom is 0.120 e. The molecule has 1 aromatic carbocycles. The van der Waals surface area contributed by atoms with Crippen molar-refractivity contribution in [2.24, 2.45) is 0 Å². The van der Waals surface area contributed by atoms with Crippen LogP contribution in [-0.2, 0) is 0 Å². The smallest absolute Gasteiger partial charge is 0.120 e. The maximum absolute atomic E-state index is 5.85. The molecule has 1 fully saturated rings. The highest BCUT2D eigenvalue weighted by molar-refractivity contribution is 7.11. The quantitative estimate of drug-likeness (QED) is 0.760. The van der Waals surface area contributed by atoms with Gasteiger partial charge in [-0.3, -0.25) is 0 Å². The number of benzene rings is 1. The van der Waals surface area contributed by atoms with Crippen LogP contribution in [0.25, 0.3) is 10.9 Å². The van der Waals surface area contributed by atoms with Crippen LogP contribution in [0.15, 0.2) is 24.3 Å². The topological polar surface area (TPSA) is 16.1 Å². The van der Waals surface area contributed by atoms with Gasteiger partial charge in [0, 0.05) is 23.9 Å². The van der Waals surface area contributed by atoms with E-state index in [1.165, 1.54) is 29.6 Å². The molecule has 0 saturated heterocycles. The third-order valence-corrected chi connectivity index (χ3v) is 4.86. The largest absolute Gasteiger partial charge is 0.359 e. The molecule has 3 rings (SSSR count). The van der Waals surface area contributed by atoms with Crippen molar-refractivity contribution in [3.63, 3.8) is 0 Å². The van der Waals surface area contributed by atoms with Crippen molar-refractivity contribution < 1.29 is 0 Å². The minimum Gasteiger partial charge on any atom is -0.359 e. The van der Waals surface area contributed by atoms with E-state index in [4.69, 9.17) is 11.6 Å². The summed E-state index contributed by atoms with van der Waals surface area (Å²) in [6.45, 7) is 1.06. The Hall–Kier alpha value is -0.800. The Balaban J connectivity index is 1.92. The number of fused-ring (bicyclic) bond motifs is 1. The Bertz CT molecular complexity index is 521. The van der Waals surface area contributed by atoms with Gasteiger partial charge in [0.1, 0.15) is 5.00 Å². The first kappa shape index (κ1) is 12.2. The van der Waals surface area contributed by atoms with E-state index in [9.17, 15) is 0 Å². The number of aromatic nitrogens is 1.